The fraction of sp³-hybridized carbons (Fsp3) is 0.455. The molecule has 2 aromatic rings. The van der Waals surface area contributed by atoms with Crippen LogP contribution >= 0.6 is 0 Å². The third-order valence-corrected chi connectivity index (χ3v) is 6.92. The molecule has 2 N–H and O–H groups in total. The summed E-state index contributed by atoms with van der Waals surface area (Å²) in [5.74, 6) is 0.184. The maximum absolute atomic E-state index is 13.6. The van der Waals surface area contributed by atoms with Crippen LogP contribution < -0.4 is 10.0 Å². The van der Waals surface area contributed by atoms with Crippen LogP contribution in [0.15, 0.2) is 42.5 Å². The number of unbranched alkanes of at least 4 members (excludes halogenated alkanes) is 1. The molecule has 0 saturated carbocycles. The molecule has 28 heavy (non-hydrogen) atoms. The second-order valence-electron chi connectivity index (χ2n) is 7.57. The van der Waals surface area contributed by atoms with E-state index in [0.717, 1.165) is 30.4 Å². The Morgan fingerprint density at radius 1 is 1.14 bits per heavy atom. The molecule has 0 aromatic heterocycles. The van der Waals surface area contributed by atoms with Crippen molar-refractivity contribution < 1.29 is 12.8 Å². The molecule has 0 aliphatic heterocycles. The molecular formula is C22H29FN2O2S. The van der Waals surface area contributed by atoms with Crippen LogP contribution in [0.1, 0.15) is 47.9 Å². The smallest absolute Gasteiger partial charge is 0.211 e. The van der Waals surface area contributed by atoms with Crippen molar-refractivity contribution in [3.05, 3.63) is 70.5 Å². The first-order valence-corrected chi connectivity index (χ1v) is 11.6. The van der Waals surface area contributed by atoms with Crippen LogP contribution in [0.3, 0.4) is 0 Å². The zero-order valence-corrected chi connectivity index (χ0v) is 17.4. The number of hydrogen-bond acceptors (Lipinski definition) is 3. The second kappa shape index (κ2) is 9.16. The SMILES string of the molecule is CCCCS(=O)(=O)NCc1ccc2c(c1)C(Cc1cccc(F)c1)C(NC)C2. The van der Waals surface area contributed by atoms with E-state index in [0.29, 0.717) is 13.0 Å². The molecule has 152 valence electrons. The maximum Gasteiger partial charge on any atom is 0.211 e. The van der Waals surface area contributed by atoms with Gasteiger partial charge in [-0.25, -0.2) is 17.5 Å². The van der Waals surface area contributed by atoms with E-state index in [2.05, 4.69) is 22.2 Å². The van der Waals surface area contributed by atoms with Gasteiger partial charge >= 0.3 is 0 Å². The molecule has 0 spiro atoms. The van der Waals surface area contributed by atoms with Gasteiger partial charge in [-0.15, -0.1) is 0 Å². The number of likely N-dealkylation sites (N-methyl/N-ethyl adjacent to an activating group) is 1. The van der Waals surface area contributed by atoms with Crippen molar-refractivity contribution in [1.82, 2.24) is 10.0 Å². The number of hydrogen-bond donors (Lipinski definition) is 2. The largest absolute Gasteiger partial charge is 0.316 e. The van der Waals surface area contributed by atoms with Crippen molar-refractivity contribution in [3.8, 4) is 0 Å². The van der Waals surface area contributed by atoms with E-state index in [9.17, 15) is 12.8 Å². The van der Waals surface area contributed by atoms with Gasteiger partial charge < -0.3 is 5.32 Å². The average molecular weight is 405 g/mol. The maximum atomic E-state index is 13.6. The molecule has 0 saturated heterocycles. The highest BCUT2D eigenvalue weighted by molar-refractivity contribution is 7.89. The van der Waals surface area contributed by atoms with Crippen molar-refractivity contribution in [1.29, 1.82) is 0 Å². The molecule has 2 unspecified atom stereocenters. The summed E-state index contributed by atoms with van der Waals surface area (Å²) in [5, 5.41) is 3.39. The summed E-state index contributed by atoms with van der Waals surface area (Å²) in [6, 6.07) is 13.3. The molecule has 0 amide bonds. The van der Waals surface area contributed by atoms with E-state index in [4.69, 9.17) is 0 Å². The third kappa shape index (κ3) is 5.19. The molecule has 6 heteroatoms. The van der Waals surface area contributed by atoms with Crippen molar-refractivity contribution >= 4 is 10.0 Å². The minimum absolute atomic E-state index is 0.165. The van der Waals surface area contributed by atoms with Crippen molar-refractivity contribution in [2.24, 2.45) is 0 Å². The van der Waals surface area contributed by atoms with Gasteiger partial charge in [-0.1, -0.05) is 43.7 Å². The fourth-order valence-corrected chi connectivity index (χ4v) is 5.15. The van der Waals surface area contributed by atoms with E-state index >= 15 is 0 Å². The third-order valence-electron chi connectivity index (χ3n) is 5.51. The summed E-state index contributed by atoms with van der Waals surface area (Å²) in [5.41, 5.74) is 4.44. The zero-order chi connectivity index (χ0) is 20.1. The average Bonchev–Trinajstić information content (AvgIpc) is 3.02. The highest BCUT2D eigenvalue weighted by Crippen LogP contribution is 2.36. The van der Waals surface area contributed by atoms with Gasteiger partial charge in [0.2, 0.25) is 10.0 Å². The van der Waals surface area contributed by atoms with Crippen molar-refractivity contribution in [3.63, 3.8) is 0 Å². The first-order valence-electron chi connectivity index (χ1n) is 9.92. The van der Waals surface area contributed by atoms with Gasteiger partial charge in [0.25, 0.3) is 0 Å². The van der Waals surface area contributed by atoms with Gasteiger partial charge in [0.05, 0.1) is 5.75 Å². The van der Waals surface area contributed by atoms with Crippen LogP contribution in [0.25, 0.3) is 0 Å². The molecule has 1 aliphatic carbocycles. The molecular weight excluding hydrogens is 375 g/mol. The van der Waals surface area contributed by atoms with Crippen LogP contribution in [-0.2, 0) is 29.4 Å². The van der Waals surface area contributed by atoms with Crippen LogP contribution in [-0.4, -0.2) is 27.3 Å². The molecule has 0 heterocycles. The van der Waals surface area contributed by atoms with E-state index in [1.807, 2.05) is 26.1 Å². The van der Waals surface area contributed by atoms with E-state index in [1.54, 1.807) is 12.1 Å². The highest BCUT2D eigenvalue weighted by atomic mass is 32.2. The topological polar surface area (TPSA) is 58.2 Å². The second-order valence-corrected chi connectivity index (χ2v) is 9.49. The predicted octanol–water partition coefficient (Wildman–Crippen LogP) is 3.52. The summed E-state index contributed by atoms with van der Waals surface area (Å²) in [4.78, 5) is 0. The number of halogens is 1. The standard InChI is InChI=1S/C22H29FN2O2S/c1-3-4-10-28(26,27)25-15-17-8-9-18-14-22(24-2)21(20(18)13-17)12-16-6-5-7-19(23)11-16/h5-9,11,13,21-22,24-25H,3-4,10,12,14-15H2,1-2H3. The minimum Gasteiger partial charge on any atom is -0.316 e. The Morgan fingerprint density at radius 3 is 2.68 bits per heavy atom. The summed E-state index contributed by atoms with van der Waals surface area (Å²) in [6.07, 6.45) is 3.20. The zero-order valence-electron chi connectivity index (χ0n) is 16.5. The van der Waals surface area contributed by atoms with Crippen LogP contribution in [0.4, 0.5) is 4.39 Å². The summed E-state index contributed by atoms with van der Waals surface area (Å²) >= 11 is 0. The predicted molar refractivity (Wildman–Crippen MR) is 111 cm³/mol. The van der Waals surface area contributed by atoms with E-state index < -0.39 is 10.0 Å². The van der Waals surface area contributed by atoms with Gasteiger partial charge in [-0.2, -0.15) is 0 Å². The van der Waals surface area contributed by atoms with Gasteiger partial charge in [-0.05, 0) is 60.7 Å². The Labute approximate surface area is 167 Å². The Hall–Kier alpha value is -1.76. The van der Waals surface area contributed by atoms with Crippen molar-refractivity contribution in [2.45, 2.75) is 51.1 Å². The summed E-state index contributed by atoms with van der Waals surface area (Å²) < 4.78 is 40.5. The lowest BCUT2D eigenvalue weighted by Crippen LogP contribution is -2.30. The number of rotatable bonds is 9. The lowest BCUT2D eigenvalue weighted by Gasteiger charge is -2.20. The number of benzene rings is 2. The molecule has 0 bridgehead atoms. The Kier molecular flexibility index (Phi) is 6.86. The first-order chi connectivity index (χ1) is 13.4. The van der Waals surface area contributed by atoms with Crippen LogP contribution in [0, 0.1) is 5.82 Å². The van der Waals surface area contributed by atoms with Gasteiger partial charge in [-0.3, -0.25) is 0 Å². The summed E-state index contributed by atoms with van der Waals surface area (Å²) in [7, 11) is -1.29. The van der Waals surface area contributed by atoms with Crippen molar-refractivity contribution in [2.75, 3.05) is 12.8 Å². The molecule has 2 atom stereocenters. The lowest BCUT2D eigenvalue weighted by atomic mass is 9.90. The quantitative estimate of drug-likeness (QED) is 0.672. The van der Waals surface area contributed by atoms with Gasteiger partial charge in [0, 0.05) is 18.5 Å². The van der Waals surface area contributed by atoms with Crippen LogP contribution in [0.5, 0.6) is 0 Å². The summed E-state index contributed by atoms with van der Waals surface area (Å²) in [6.45, 7) is 2.28. The van der Waals surface area contributed by atoms with Gasteiger partial charge in [0.1, 0.15) is 5.82 Å². The molecule has 1 aliphatic rings. The van der Waals surface area contributed by atoms with E-state index in [-0.39, 0.29) is 23.5 Å². The number of sulfonamides is 1. The number of fused-ring (bicyclic) bond motifs is 1. The monoisotopic (exact) mass is 404 g/mol. The Bertz CT molecular complexity index is 915. The highest BCUT2D eigenvalue weighted by Gasteiger charge is 2.31. The Balaban J connectivity index is 1.77. The molecule has 3 rings (SSSR count). The normalized spacial score (nSPS) is 19.0. The lowest BCUT2D eigenvalue weighted by molar-refractivity contribution is 0.490. The molecule has 0 radical (unpaired) electrons. The number of nitrogens with one attached hydrogen (secondary N) is 2. The molecule has 4 nitrogen and oxygen atoms in total. The van der Waals surface area contributed by atoms with E-state index in [1.165, 1.54) is 17.2 Å². The van der Waals surface area contributed by atoms with Crippen LogP contribution in [0.2, 0.25) is 0 Å². The molecule has 0 fully saturated rings. The fourth-order valence-electron chi connectivity index (χ4n) is 3.95. The minimum atomic E-state index is -3.24. The Morgan fingerprint density at radius 2 is 1.96 bits per heavy atom. The molecule has 2 aromatic carbocycles. The van der Waals surface area contributed by atoms with Gasteiger partial charge in [0.15, 0.2) is 0 Å². The first kappa shape index (κ1) is 21.0.